The summed E-state index contributed by atoms with van der Waals surface area (Å²) in [4.78, 5) is 21.0. The molecule has 8 heteroatoms. The summed E-state index contributed by atoms with van der Waals surface area (Å²) in [7, 11) is 0. The first kappa shape index (κ1) is 19.4. The number of para-hydroxylation sites is 1. The Kier molecular flexibility index (Phi) is 5.73. The van der Waals surface area contributed by atoms with Gasteiger partial charge in [-0.05, 0) is 44.2 Å². The Labute approximate surface area is 176 Å². The zero-order valence-electron chi connectivity index (χ0n) is 16.0. The van der Waals surface area contributed by atoms with Gasteiger partial charge in [0.05, 0.1) is 22.2 Å². The van der Waals surface area contributed by atoms with Crippen molar-refractivity contribution in [3.8, 4) is 5.82 Å². The van der Waals surface area contributed by atoms with Gasteiger partial charge in [-0.2, -0.15) is 5.10 Å². The van der Waals surface area contributed by atoms with Crippen LogP contribution in [-0.4, -0.2) is 32.4 Å². The molecule has 29 heavy (non-hydrogen) atoms. The van der Waals surface area contributed by atoms with Crippen molar-refractivity contribution in [1.82, 2.24) is 20.0 Å². The summed E-state index contributed by atoms with van der Waals surface area (Å²) >= 11 is 3.01. The van der Waals surface area contributed by atoms with Crippen LogP contribution < -0.4 is 5.43 Å². The van der Waals surface area contributed by atoms with Crippen molar-refractivity contribution < 1.29 is 4.79 Å². The summed E-state index contributed by atoms with van der Waals surface area (Å²) in [5.74, 6) is 0.965. The summed E-state index contributed by atoms with van der Waals surface area (Å²) < 4.78 is 4.06. The molecule has 3 aromatic heterocycles. The van der Waals surface area contributed by atoms with Crippen molar-refractivity contribution in [3.63, 3.8) is 0 Å². The number of aromatic nitrogens is 3. The number of carbonyl (C=O) groups excluding carboxylic acids is 1. The van der Waals surface area contributed by atoms with Crippen LogP contribution in [0.5, 0.6) is 0 Å². The number of fused-ring (bicyclic) bond motifs is 1. The van der Waals surface area contributed by atoms with E-state index >= 15 is 0 Å². The molecular formula is C21H19N5OS2. The quantitative estimate of drug-likeness (QED) is 0.286. The second-order valence-corrected chi connectivity index (χ2v) is 8.63. The zero-order valence-corrected chi connectivity index (χ0v) is 17.6. The lowest BCUT2D eigenvalue weighted by Crippen LogP contribution is -2.19. The molecule has 0 aliphatic rings. The van der Waals surface area contributed by atoms with Gasteiger partial charge in [0, 0.05) is 23.1 Å². The van der Waals surface area contributed by atoms with E-state index in [1.54, 1.807) is 23.7 Å². The van der Waals surface area contributed by atoms with Crippen molar-refractivity contribution in [2.75, 3.05) is 5.75 Å². The normalized spacial score (nSPS) is 11.4. The Morgan fingerprint density at radius 2 is 2.07 bits per heavy atom. The fraction of sp³-hybridized carbons (Fsp3) is 0.143. The average Bonchev–Trinajstić information content (AvgIpc) is 3.27. The largest absolute Gasteiger partial charge is 0.303 e. The molecule has 0 aliphatic heterocycles. The lowest BCUT2D eigenvalue weighted by Gasteiger charge is -2.07. The first-order valence-corrected chi connectivity index (χ1v) is 10.8. The number of thioether (sulfide) groups is 1. The molecule has 1 N–H and O–H groups in total. The Bertz CT molecular complexity index is 1150. The zero-order chi connectivity index (χ0) is 20.2. The van der Waals surface area contributed by atoms with Crippen LogP contribution in [0.15, 0.2) is 64.2 Å². The van der Waals surface area contributed by atoms with Crippen molar-refractivity contribution in [1.29, 1.82) is 0 Å². The maximum absolute atomic E-state index is 12.1. The SMILES string of the molecule is Cc1cc(C=NNC(=O)CSc2nc3ccccc3s2)c(C)n1-c1ccccn1. The van der Waals surface area contributed by atoms with Gasteiger partial charge in [-0.15, -0.1) is 11.3 Å². The summed E-state index contributed by atoms with van der Waals surface area (Å²) in [6.07, 6.45) is 3.44. The number of aryl methyl sites for hydroxylation is 1. The van der Waals surface area contributed by atoms with Gasteiger partial charge in [-0.25, -0.2) is 15.4 Å². The highest BCUT2D eigenvalue weighted by Gasteiger charge is 2.10. The van der Waals surface area contributed by atoms with E-state index < -0.39 is 0 Å². The van der Waals surface area contributed by atoms with Crippen LogP contribution in [0, 0.1) is 13.8 Å². The van der Waals surface area contributed by atoms with Crippen molar-refractivity contribution in [2.45, 2.75) is 18.2 Å². The second kappa shape index (κ2) is 8.59. The van der Waals surface area contributed by atoms with E-state index in [4.69, 9.17) is 0 Å². The maximum Gasteiger partial charge on any atom is 0.250 e. The molecule has 146 valence electrons. The number of rotatable bonds is 6. The van der Waals surface area contributed by atoms with Crippen LogP contribution in [0.1, 0.15) is 17.0 Å². The van der Waals surface area contributed by atoms with Crippen molar-refractivity contribution in [3.05, 3.63) is 71.7 Å². The van der Waals surface area contributed by atoms with E-state index in [0.717, 1.165) is 37.3 Å². The molecule has 4 aromatic rings. The molecule has 0 radical (unpaired) electrons. The van der Waals surface area contributed by atoms with Gasteiger partial charge in [0.1, 0.15) is 5.82 Å². The molecule has 0 saturated carbocycles. The molecule has 0 atom stereocenters. The Balaban J connectivity index is 1.37. The van der Waals surface area contributed by atoms with Gasteiger partial charge in [0.15, 0.2) is 4.34 Å². The molecule has 3 heterocycles. The molecule has 1 aromatic carbocycles. The van der Waals surface area contributed by atoms with Crippen molar-refractivity contribution in [2.24, 2.45) is 5.10 Å². The molecule has 6 nitrogen and oxygen atoms in total. The summed E-state index contributed by atoms with van der Waals surface area (Å²) in [6, 6.07) is 15.8. The van der Waals surface area contributed by atoms with Gasteiger partial charge in [0.25, 0.3) is 5.91 Å². The van der Waals surface area contributed by atoms with Gasteiger partial charge in [0.2, 0.25) is 0 Å². The molecule has 0 unspecified atom stereocenters. The maximum atomic E-state index is 12.1. The third kappa shape index (κ3) is 4.38. The number of amides is 1. The first-order chi connectivity index (χ1) is 14.1. The van der Waals surface area contributed by atoms with Crippen LogP contribution in [0.4, 0.5) is 0 Å². The molecule has 0 saturated heterocycles. The van der Waals surface area contributed by atoms with Gasteiger partial charge < -0.3 is 4.57 Å². The van der Waals surface area contributed by atoms with Crippen LogP contribution in [0.3, 0.4) is 0 Å². The molecule has 0 bridgehead atoms. The topological polar surface area (TPSA) is 72.2 Å². The molecule has 0 fully saturated rings. The highest BCUT2D eigenvalue weighted by atomic mass is 32.2. The number of pyridine rings is 1. The van der Waals surface area contributed by atoms with Gasteiger partial charge >= 0.3 is 0 Å². The van der Waals surface area contributed by atoms with Gasteiger partial charge in [-0.3, -0.25) is 4.79 Å². The van der Waals surface area contributed by atoms with Gasteiger partial charge in [-0.1, -0.05) is 30.0 Å². The Morgan fingerprint density at radius 1 is 1.24 bits per heavy atom. The fourth-order valence-electron chi connectivity index (χ4n) is 3.00. The van der Waals surface area contributed by atoms with Crippen LogP contribution in [0.2, 0.25) is 0 Å². The van der Waals surface area contributed by atoms with E-state index in [-0.39, 0.29) is 11.7 Å². The fourth-order valence-corrected chi connectivity index (χ4v) is 4.86. The minimum atomic E-state index is -0.163. The second-order valence-electron chi connectivity index (χ2n) is 6.38. The van der Waals surface area contributed by atoms with E-state index in [1.807, 2.05) is 62.4 Å². The minimum Gasteiger partial charge on any atom is -0.303 e. The smallest absolute Gasteiger partial charge is 0.250 e. The third-order valence-corrected chi connectivity index (χ3v) is 6.52. The monoisotopic (exact) mass is 421 g/mol. The number of benzene rings is 1. The molecule has 0 aliphatic carbocycles. The van der Waals surface area contributed by atoms with E-state index in [9.17, 15) is 4.79 Å². The lowest BCUT2D eigenvalue weighted by atomic mass is 10.3. The summed E-state index contributed by atoms with van der Waals surface area (Å²) in [6.45, 7) is 4.03. The number of nitrogens with one attached hydrogen (secondary N) is 1. The number of hydrogen-bond donors (Lipinski definition) is 1. The summed E-state index contributed by atoms with van der Waals surface area (Å²) in [5.41, 5.74) is 6.56. The third-order valence-electron chi connectivity index (χ3n) is 4.34. The summed E-state index contributed by atoms with van der Waals surface area (Å²) in [5, 5.41) is 4.12. The molecular weight excluding hydrogens is 402 g/mol. The Hall–Kier alpha value is -2.97. The number of hydrogen-bond acceptors (Lipinski definition) is 6. The number of hydrazone groups is 1. The minimum absolute atomic E-state index is 0.163. The number of nitrogens with zero attached hydrogens (tertiary/aromatic N) is 4. The Morgan fingerprint density at radius 3 is 2.86 bits per heavy atom. The standard InChI is InChI=1S/C21H19N5OS2/c1-14-11-16(15(2)26(14)19-9-5-6-10-22-19)12-23-25-20(27)13-28-21-24-17-7-3-4-8-18(17)29-21/h3-12H,13H2,1-2H3,(H,25,27). The lowest BCUT2D eigenvalue weighted by molar-refractivity contribution is -0.118. The highest BCUT2D eigenvalue weighted by molar-refractivity contribution is 8.01. The highest BCUT2D eigenvalue weighted by Crippen LogP contribution is 2.29. The van der Waals surface area contributed by atoms with E-state index in [1.165, 1.54) is 11.8 Å². The predicted molar refractivity (Wildman–Crippen MR) is 119 cm³/mol. The van der Waals surface area contributed by atoms with Crippen LogP contribution in [0.25, 0.3) is 16.0 Å². The van der Waals surface area contributed by atoms with Crippen LogP contribution in [-0.2, 0) is 4.79 Å². The molecule has 0 spiro atoms. The predicted octanol–water partition coefficient (Wildman–Crippen LogP) is 4.34. The van der Waals surface area contributed by atoms with Crippen molar-refractivity contribution >= 4 is 45.4 Å². The molecule has 1 amide bonds. The van der Waals surface area contributed by atoms with E-state index in [0.29, 0.717) is 0 Å². The number of carbonyl (C=O) groups is 1. The van der Waals surface area contributed by atoms with Crippen LogP contribution >= 0.6 is 23.1 Å². The first-order valence-electron chi connectivity index (χ1n) is 9.02. The van der Waals surface area contributed by atoms with E-state index in [2.05, 4.69) is 25.1 Å². The number of thiazole rings is 1. The molecule has 4 rings (SSSR count). The average molecular weight is 422 g/mol.